The molecule has 1 aliphatic rings. The first-order chi connectivity index (χ1) is 10.2. The molecule has 1 heterocycles. The maximum absolute atomic E-state index is 6.06. The van der Waals surface area contributed by atoms with E-state index in [4.69, 9.17) is 15.2 Å². The third-order valence-corrected chi connectivity index (χ3v) is 3.69. The van der Waals surface area contributed by atoms with Gasteiger partial charge in [-0.25, -0.2) is 0 Å². The second kappa shape index (κ2) is 5.95. The van der Waals surface area contributed by atoms with Crippen LogP contribution in [-0.4, -0.2) is 19.8 Å². The molecule has 0 fully saturated rings. The molecule has 0 saturated heterocycles. The van der Waals surface area contributed by atoms with Gasteiger partial charge in [0.05, 0.1) is 11.4 Å². The molecule has 4 nitrogen and oxygen atoms in total. The Hall–Kier alpha value is -2.36. The Morgan fingerprint density at radius 2 is 1.81 bits per heavy atom. The molecule has 0 bridgehead atoms. The van der Waals surface area contributed by atoms with Gasteiger partial charge in [0, 0.05) is 18.7 Å². The van der Waals surface area contributed by atoms with Crippen molar-refractivity contribution < 1.29 is 9.47 Å². The summed E-state index contributed by atoms with van der Waals surface area (Å²) >= 11 is 0. The number of benzene rings is 2. The minimum absolute atomic E-state index is 0.576. The lowest BCUT2D eigenvalue weighted by Crippen LogP contribution is -2.16. The molecule has 0 atom stereocenters. The Kier molecular flexibility index (Phi) is 3.86. The zero-order chi connectivity index (χ0) is 14.7. The molecule has 0 spiro atoms. The van der Waals surface area contributed by atoms with Crippen LogP contribution in [-0.2, 0) is 6.42 Å². The first kappa shape index (κ1) is 13.6. The summed E-state index contributed by atoms with van der Waals surface area (Å²) in [5.74, 6) is 1.48. The van der Waals surface area contributed by atoms with Crippen molar-refractivity contribution in [3.8, 4) is 11.5 Å². The molecule has 2 aromatic carbocycles. The minimum Gasteiger partial charge on any atom is -0.486 e. The Morgan fingerprint density at radius 3 is 2.57 bits per heavy atom. The predicted octanol–water partition coefficient (Wildman–Crippen LogP) is 3.00. The quantitative estimate of drug-likeness (QED) is 0.847. The number of fused-ring (bicyclic) bond motifs is 1. The summed E-state index contributed by atoms with van der Waals surface area (Å²) in [6.45, 7) is 4.12. The molecule has 0 saturated carbocycles. The van der Waals surface area contributed by atoms with Crippen LogP contribution >= 0.6 is 0 Å². The summed E-state index contributed by atoms with van der Waals surface area (Å²) in [5.41, 5.74) is 10.3. The van der Waals surface area contributed by atoms with E-state index in [-0.39, 0.29) is 0 Å². The monoisotopic (exact) mass is 284 g/mol. The molecule has 0 radical (unpaired) electrons. The molecule has 110 valence electrons. The summed E-state index contributed by atoms with van der Waals surface area (Å²) in [7, 11) is 0. The average Bonchev–Trinajstić information content (AvgIpc) is 2.49. The maximum atomic E-state index is 6.06. The van der Waals surface area contributed by atoms with Crippen LogP contribution in [0.25, 0.3) is 0 Å². The molecule has 0 aliphatic carbocycles. The van der Waals surface area contributed by atoms with E-state index in [1.165, 1.54) is 11.1 Å². The lowest BCUT2D eigenvalue weighted by Gasteiger charge is -2.20. The van der Waals surface area contributed by atoms with E-state index in [0.717, 1.165) is 30.2 Å². The highest BCUT2D eigenvalue weighted by Gasteiger charge is 2.14. The van der Waals surface area contributed by atoms with E-state index in [9.17, 15) is 0 Å². The maximum Gasteiger partial charge on any atom is 0.163 e. The van der Waals surface area contributed by atoms with Crippen LogP contribution in [0.3, 0.4) is 0 Å². The topological polar surface area (TPSA) is 56.5 Å². The van der Waals surface area contributed by atoms with E-state index in [1.54, 1.807) is 0 Å². The Morgan fingerprint density at radius 1 is 1.10 bits per heavy atom. The lowest BCUT2D eigenvalue weighted by atomic mass is 10.1. The highest BCUT2D eigenvalue weighted by molar-refractivity contribution is 5.72. The smallest absolute Gasteiger partial charge is 0.163 e. The summed E-state index contributed by atoms with van der Waals surface area (Å²) in [6, 6.07) is 12.2. The van der Waals surface area contributed by atoms with Crippen molar-refractivity contribution in [1.29, 1.82) is 0 Å². The van der Waals surface area contributed by atoms with Gasteiger partial charge in [-0.15, -0.1) is 0 Å². The number of hydrogen-bond acceptors (Lipinski definition) is 4. The van der Waals surface area contributed by atoms with Gasteiger partial charge in [-0.2, -0.15) is 0 Å². The minimum atomic E-state index is 0.576. The van der Waals surface area contributed by atoms with Gasteiger partial charge in [-0.1, -0.05) is 24.3 Å². The zero-order valence-electron chi connectivity index (χ0n) is 12.2. The largest absolute Gasteiger partial charge is 0.486 e. The van der Waals surface area contributed by atoms with Gasteiger partial charge in [0.2, 0.25) is 0 Å². The Bertz CT molecular complexity index is 641. The van der Waals surface area contributed by atoms with Gasteiger partial charge in [0.1, 0.15) is 13.2 Å². The molecule has 0 amide bonds. The number of anilines is 2. The second-order valence-corrected chi connectivity index (χ2v) is 5.19. The molecule has 4 heteroatoms. The zero-order valence-corrected chi connectivity index (χ0v) is 12.2. The van der Waals surface area contributed by atoms with E-state index in [2.05, 4.69) is 36.5 Å². The van der Waals surface area contributed by atoms with Crippen molar-refractivity contribution in [3.05, 3.63) is 47.5 Å². The van der Waals surface area contributed by atoms with Crippen molar-refractivity contribution in [3.63, 3.8) is 0 Å². The highest BCUT2D eigenvalue weighted by Crippen LogP contribution is 2.36. The summed E-state index contributed by atoms with van der Waals surface area (Å²) in [5, 5.41) is 3.38. The number of nitrogens with one attached hydrogen (secondary N) is 1. The van der Waals surface area contributed by atoms with Crippen molar-refractivity contribution in [2.75, 3.05) is 30.8 Å². The van der Waals surface area contributed by atoms with E-state index >= 15 is 0 Å². The average molecular weight is 284 g/mol. The van der Waals surface area contributed by atoms with Crippen molar-refractivity contribution >= 4 is 11.4 Å². The standard InChI is InChI=1S/C17H20N2O2/c1-12-4-2-3-5-13(12)6-7-19-15-11-17-16(10-14(15)18)20-8-9-21-17/h2-5,10-11,19H,6-9,18H2,1H3. The van der Waals surface area contributed by atoms with Crippen LogP contribution < -0.4 is 20.5 Å². The first-order valence-corrected chi connectivity index (χ1v) is 7.21. The lowest BCUT2D eigenvalue weighted by molar-refractivity contribution is 0.172. The number of ether oxygens (including phenoxy) is 2. The summed E-state index contributed by atoms with van der Waals surface area (Å²) in [4.78, 5) is 0. The summed E-state index contributed by atoms with van der Waals surface area (Å²) in [6.07, 6.45) is 0.959. The molecule has 2 aromatic rings. The van der Waals surface area contributed by atoms with Crippen LogP contribution in [0.4, 0.5) is 11.4 Å². The van der Waals surface area contributed by atoms with E-state index in [1.807, 2.05) is 12.1 Å². The fourth-order valence-electron chi connectivity index (χ4n) is 2.48. The van der Waals surface area contributed by atoms with E-state index < -0.39 is 0 Å². The normalized spacial score (nSPS) is 13.0. The number of aryl methyl sites for hydroxylation is 1. The number of rotatable bonds is 4. The third-order valence-electron chi connectivity index (χ3n) is 3.69. The van der Waals surface area contributed by atoms with Crippen LogP contribution in [0.1, 0.15) is 11.1 Å². The molecule has 1 aliphatic heterocycles. The second-order valence-electron chi connectivity index (χ2n) is 5.19. The molecule has 3 rings (SSSR count). The molecular weight excluding hydrogens is 264 g/mol. The predicted molar refractivity (Wildman–Crippen MR) is 85.2 cm³/mol. The van der Waals surface area contributed by atoms with Gasteiger partial charge in [-0.05, 0) is 24.5 Å². The molecule has 21 heavy (non-hydrogen) atoms. The molecule has 0 unspecified atom stereocenters. The fraction of sp³-hybridized carbons (Fsp3) is 0.294. The Balaban J connectivity index is 1.67. The third kappa shape index (κ3) is 3.05. The molecule has 0 aromatic heterocycles. The van der Waals surface area contributed by atoms with E-state index in [0.29, 0.717) is 18.9 Å². The van der Waals surface area contributed by atoms with Crippen LogP contribution in [0, 0.1) is 6.92 Å². The first-order valence-electron chi connectivity index (χ1n) is 7.21. The van der Waals surface area contributed by atoms with Gasteiger partial charge < -0.3 is 20.5 Å². The highest BCUT2D eigenvalue weighted by atomic mass is 16.6. The number of nitrogen functional groups attached to an aromatic ring is 1. The molecule has 3 N–H and O–H groups in total. The van der Waals surface area contributed by atoms with Gasteiger partial charge >= 0.3 is 0 Å². The van der Waals surface area contributed by atoms with Gasteiger partial charge in [0.15, 0.2) is 11.5 Å². The van der Waals surface area contributed by atoms with Gasteiger partial charge in [-0.3, -0.25) is 0 Å². The SMILES string of the molecule is Cc1ccccc1CCNc1cc2c(cc1N)OCCO2. The van der Waals surface area contributed by atoms with Crippen molar-refractivity contribution in [1.82, 2.24) is 0 Å². The van der Waals surface area contributed by atoms with Crippen LogP contribution in [0.15, 0.2) is 36.4 Å². The molecular formula is C17H20N2O2. The summed E-state index contributed by atoms with van der Waals surface area (Å²) < 4.78 is 11.1. The Labute approximate surface area is 124 Å². The number of nitrogens with two attached hydrogens (primary N) is 1. The van der Waals surface area contributed by atoms with Crippen LogP contribution in [0.2, 0.25) is 0 Å². The van der Waals surface area contributed by atoms with Crippen molar-refractivity contribution in [2.24, 2.45) is 0 Å². The number of hydrogen-bond donors (Lipinski definition) is 2. The van der Waals surface area contributed by atoms with Crippen molar-refractivity contribution in [2.45, 2.75) is 13.3 Å². The van der Waals surface area contributed by atoms with Crippen LogP contribution in [0.5, 0.6) is 11.5 Å². The fourth-order valence-corrected chi connectivity index (χ4v) is 2.48. The van der Waals surface area contributed by atoms with Gasteiger partial charge in [0.25, 0.3) is 0 Å².